The Morgan fingerprint density at radius 2 is 1.94 bits per heavy atom. The zero-order valence-corrected chi connectivity index (χ0v) is 10.4. The number of carbonyl (C=O) groups is 1. The maximum atomic E-state index is 10.9. The molecule has 0 spiro atoms. The van der Waals surface area contributed by atoms with E-state index >= 15 is 0 Å². The summed E-state index contributed by atoms with van der Waals surface area (Å²) >= 11 is 0. The Morgan fingerprint density at radius 3 is 2.47 bits per heavy atom. The van der Waals surface area contributed by atoms with Crippen molar-refractivity contribution >= 4 is 5.97 Å². The van der Waals surface area contributed by atoms with Crippen molar-refractivity contribution in [3.8, 4) is 0 Å². The highest BCUT2D eigenvalue weighted by Crippen LogP contribution is 2.15. The normalized spacial score (nSPS) is 17.9. The Labute approximate surface area is 102 Å². The summed E-state index contributed by atoms with van der Waals surface area (Å²) in [6, 6.07) is 1.78. The van der Waals surface area contributed by atoms with Crippen LogP contribution in [0.4, 0.5) is 0 Å². The van der Waals surface area contributed by atoms with Gasteiger partial charge in [0.2, 0.25) is 0 Å². The molecule has 17 heavy (non-hydrogen) atoms. The SMILES string of the molecule is Cn1cc(CN2CCCCCC2)cc1C(=O)O. The second-order valence-corrected chi connectivity index (χ2v) is 4.84. The van der Waals surface area contributed by atoms with Gasteiger partial charge in [0.25, 0.3) is 0 Å². The fourth-order valence-electron chi connectivity index (χ4n) is 2.48. The molecule has 2 rings (SSSR count). The number of hydrogen-bond acceptors (Lipinski definition) is 2. The number of carboxylic acids is 1. The summed E-state index contributed by atoms with van der Waals surface area (Å²) in [6.07, 6.45) is 7.10. The average molecular weight is 236 g/mol. The number of rotatable bonds is 3. The summed E-state index contributed by atoms with van der Waals surface area (Å²) < 4.78 is 1.69. The summed E-state index contributed by atoms with van der Waals surface area (Å²) in [5.41, 5.74) is 1.47. The minimum Gasteiger partial charge on any atom is -0.477 e. The van der Waals surface area contributed by atoms with Gasteiger partial charge in [-0.25, -0.2) is 4.79 Å². The van der Waals surface area contributed by atoms with E-state index in [-0.39, 0.29) is 0 Å². The van der Waals surface area contributed by atoms with Gasteiger partial charge < -0.3 is 9.67 Å². The molecule has 1 saturated heterocycles. The lowest BCUT2D eigenvalue weighted by Gasteiger charge is -2.18. The minimum absolute atomic E-state index is 0.370. The molecule has 0 aromatic carbocycles. The molecule has 1 aromatic rings. The van der Waals surface area contributed by atoms with Crippen LogP contribution < -0.4 is 0 Å². The fourth-order valence-corrected chi connectivity index (χ4v) is 2.48. The molecule has 1 N–H and O–H groups in total. The standard InChI is InChI=1S/C13H20N2O2/c1-14-9-11(8-12(14)13(16)17)10-15-6-4-2-3-5-7-15/h8-9H,2-7,10H2,1H3,(H,16,17). The first-order valence-electron chi connectivity index (χ1n) is 6.28. The summed E-state index contributed by atoms with van der Waals surface area (Å²) in [6.45, 7) is 3.15. The number of hydrogen-bond donors (Lipinski definition) is 1. The van der Waals surface area contributed by atoms with Crippen LogP contribution in [-0.4, -0.2) is 33.6 Å². The van der Waals surface area contributed by atoms with E-state index in [9.17, 15) is 4.79 Å². The van der Waals surface area contributed by atoms with Gasteiger partial charge in [0.15, 0.2) is 0 Å². The van der Waals surface area contributed by atoms with E-state index in [0.717, 1.165) is 25.2 Å². The van der Waals surface area contributed by atoms with Crippen LogP contribution >= 0.6 is 0 Å². The fraction of sp³-hybridized carbons (Fsp3) is 0.615. The molecule has 0 unspecified atom stereocenters. The van der Waals surface area contributed by atoms with Crippen LogP contribution in [-0.2, 0) is 13.6 Å². The van der Waals surface area contributed by atoms with E-state index in [1.807, 2.05) is 6.20 Å². The van der Waals surface area contributed by atoms with Crippen LogP contribution in [0, 0.1) is 0 Å². The van der Waals surface area contributed by atoms with E-state index in [2.05, 4.69) is 4.90 Å². The van der Waals surface area contributed by atoms with E-state index in [1.165, 1.54) is 25.7 Å². The molecule has 1 fully saturated rings. The zero-order valence-electron chi connectivity index (χ0n) is 10.4. The molecule has 1 aromatic heterocycles. The first kappa shape index (κ1) is 12.2. The quantitative estimate of drug-likeness (QED) is 0.874. The molecular weight excluding hydrogens is 216 g/mol. The number of nitrogens with zero attached hydrogens (tertiary/aromatic N) is 2. The monoisotopic (exact) mass is 236 g/mol. The van der Waals surface area contributed by atoms with Gasteiger partial charge in [-0.05, 0) is 37.6 Å². The van der Waals surface area contributed by atoms with Crippen molar-refractivity contribution in [2.75, 3.05) is 13.1 Å². The molecule has 1 aliphatic heterocycles. The highest BCUT2D eigenvalue weighted by atomic mass is 16.4. The van der Waals surface area contributed by atoms with Crippen LogP contribution in [0.2, 0.25) is 0 Å². The summed E-state index contributed by atoms with van der Waals surface area (Å²) in [5.74, 6) is -0.852. The molecule has 0 amide bonds. The van der Waals surface area contributed by atoms with Crippen molar-refractivity contribution in [1.29, 1.82) is 0 Å². The van der Waals surface area contributed by atoms with Crippen LogP contribution in [0.15, 0.2) is 12.3 Å². The predicted octanol–water partition coefficient (Wildman–Crippen LogP) is 2.10. The van der Waals surface area contributed by atoms with E-state index in [1.54, 1.807) is 17.7 Å². The van der Waals surface area contributed by atoms with Crippen molar-refractivity contribution in [2.45, 2.75) is 32.2 Å². The summed E-state index contributed by atoms with van der Waals surface area (Å²) in [4.78, 5) is 13.4. The Kier molecular flexibility index (Phi) is 3.84. The topological polar surface area (TPSA) is 45.5 Å². The number of aromatic nitrogens is 1. The van der Waals surface area contributed by atoms with Crippen LogP contribution in [0.25, 0.3) is 0 Å². The maximum absolute atomic E-state index is 10.9. The maximum Gasteiger partial charge on any atom is 0.352 e. The van der Waals surface area contributed by atoms with Crippen molar-refractivity contribution in [3.05, 3.63) is 23.5 Å². The van der Waals surface area contributed by atoms with Crippen LogP contribution in [0.3, 0.4) is 0 Å². The lowest BCUT2D eigenvalue weighted by atomic mass is 10.2. The molecule has 0 saturated carbocycles. The van der Waals surface area contributed by atoms with Gasteiger partial charge in [-0.3, -0.25) is 4.90 Å². The van der Waals surface area contributed by atoms with Crippen molar-refractivity contribution in [1.82, 2.24) is 9.47 Å². The smallest absolute Gasteiger partial charge is 0.352 e. The van der Waals surface area contributed by atoms with Gasteiger partial charge in [0.05, 0.1) is 0 Å². The second kappa shape index (κ2) is 5.36. The third kappa shape index (κ3) is 3.09. The Balaban J connectivity index is 2.02. The second-order valence-electron chi connectivity index (χ2n) is 4.84. The van der Waals surface area contributed by atoms with Gasteiger partial charge in [-0.15, -0.1) is 0 Å². The minimum atomic E-state index is -0.852. The molecule has 0 bridgehead atoms. The third-order valence-corrected chi connectivity index (χ3v) is 3.39. The first-order chi connectivity index (χ1) is 8.16. The van der Waals surface area contributed by atoms with Crippen LogP contribution in [0.5, 0.6) is 0 Å². The zero-order chi connectivity index (χ0) is 12.3. The highest BCUT2D eigenvalue weighted by molar-refractivity contribution is 5.86. The molecule has 0 aliphatic carbocycles. The summed E-state index contributed by atoms with van der Waals surface area (Å²) in [5, 5.41) is 9.00. The predicted molar refractivity (Wildman–Crippen MR) is 66.1 cm³/mol. The molecule has 94 valence electrons. The number of likely N-dealkylation sites (tertiary alicyclic amines) is 1. The van der Waals surface area contributed by atoms with E-state index in [0.29, 0.717) is 5.69 Å². The first-order valence-corrected chi connectivity index (χ1v) is 6.28. The van der Waals surface area contributed by atoms with Gasteiger partial charge in [-0.1, -0.05) is 12.8 Å². The molecule has 0 atom stereocenters. The Bertz CT molecular complexity index is 390. The van der Waals surface area contributed by atoms with Crippen molar-refractivity contribution in [3.63, 3.8) is 0 Å². The molecule has 4 heteroatoms. The largest absolute Gasteiger partial charge is 0.477 e. The van der Waals surface area contributed by atoms with Crippen LogP contribution in [0.1, 0.15) is 41.7 Å². The third-order valence-electron chi connectivity index (χ3n) is 3.39. The molecular formula is C13H20N2O2. The summed E-state index contributed by atoms with van der Waals surface area (Å²) in [7, 11) is 1.79. The van der Waals surface area contributed by atoms with Gasteiger partial charge >= 0.3 is 5.97 Å². The number of aromatic carboxylic acids is 1. The lowest BCUT2D eigenvalue weighted by molar-refractivity contribution is 0.0686. The van der Waals surface area contributed by atoms with Gasteiger partial charge in [0.1, 0.15) is 5.69 Å². The van der Waals surface area contributed by atoms with Gasteiger partial charge in [0, 0.05) is 19.8 Å². The Morgan fingerprint density at radius 1 is 1.29 bits per heavy atom. The highest BCUT2D eigenvalue weighted by Gasteiger charge is 2.13. The van der Waals surface area contributed by atoms with E-state index < -0.39 is 5.97 Å². The Hall–Kier alpha value is -1.29. The lowest BCUT2D eigenvalue weighted by Crippen LogP contribution is -2.23. The molecule has 4 nitrogen and oxygen atoms in total. The van der Waals surface area contributed by atoms with Crippen molar-refractivity contribution < 1.29 is 9.90 Å². The molecule has 2 heterocycles. The number of aryl methyl sites for hydroxylation is 1. The van der Waals surface area contributed by atoms with Crippen molar-refractivity contribution in [2.24, 2.45) is 7.05 Å². The van der Waals surface area contributed by atoms with E-state index in [4.69, 9.17) is 5.11 Å². The van der Waals surface area contributed by atoms with Gasteiger partial charge in [-0.2, -0.15) is 0 Å². The molecule has 0 radical (unpaired) electrons. The average Bonchev–Trinajstić information content (AvgIpc) is 2.50. The molecule has 1 aliphatic rings. The number of carboxylic acid groups (broad SMARTS) is 1.